The fourth-order valence-corrected chi connectivity index (χ4v) is 8.60. The Bertz CT molecular complexity index is 3260. The highest BCUT2D eigenvalue weighted by Crippen LogP contribution is 2.42. The summed E-state index contributed by atoms with van der Waals surface area (Å²) in [7, 11) is 0. The van der Waals surface area contributed by atoms with Crippen LogP contribution in [0.15, 0.2) is 229 Å². The largest absolute Gasteiger partial charge is 0.455 e. The maximum Gasteiger partial charge on any atom is 0.143 e. The molecule has 0 saturated heterocycles. The van der Waals surface area contributed by atoms with Gasteiger partial charge in [0.25, 0.3) is 0 Å². The van der Waals surface area contributed by atoms with Crippen molar-refractivity contribution in [2.75, 3.05) is 4.90 Å². The lowest BCUT2D eigenvalue weighted by Crippen LogP contribution is -2.09. The van der Waals surface area contributed by atoms with Crippen LogP contribution in [0.1, 0.15) is 0 Å². The smallest absolute Gasteiger partial charge is 0.143 e. The van der Waals surface area contributed by atoms with Crippen LogP contribution in [-0.2, 0) is 0 Å². The fraction of sp³-hybridized carbons (Fsp3) is 0. The number of fused-ring (bicyclic) bond motifs is 5. The van der Waals surface area contributed by atoms with Crippen LogP contribution in [0.3, 0.4) is 0 Å². The zero-order valence-electron chi connectivity index (χ0n) is 31.7. The molecule has 1 aromatic heterocycles. The van der Waals surface area contributed by atoms with E-state index in [1.807, 2.05) is 12.1 Å². The van der Waals surface area contributed by atoms with Crippen LogP contribution >= 0.6 is 0 Å². The number of rotatable bonds is 7. The molecule has 0 aliphatic heterocycles. The monoisotopic (exact) mass is 739 g/mol. The van der Waals surface area contributed by atoms with Gasteiger partial charge in [0.05, 0.1) is 0 Å². The van der Waals surface area contributed by atoms with E-state index in [0.29, 0.717) is 0 Å². The summed E-state index contributed by atoms with van der Waals surface area (Å²) in [6.07, 6.45) is 0. The van der Waals surface area contributed by atoms with Gasteiger partial charge in [0, 0.05) is 33.4 Å². The zero-order valence-corrected chi connectivity index (χ0v) is 31.7. The second-order valence-electron chi connectivity index (χ2n) is 14.9. The van der Waals surface area contributed by atoms with Gasteiger partial charge < -0.3 is 9.32 Å². The minimum absolute atomic E-state index is 0.906. The first kappa shape index (κ1) is 33.6. The highest BCUT2D eigenvalue weighted by molar-refractivity contribution is 6.09. The van der Waals surface area contributed by atoms with Gasteiger partial charge in [-0.3, -0.25) is 0 Å². The average molecular weight is 740 g/mol. The second kappa shape index (κ2) is 14.1. The van der Waals surface area contributed by atoms with Crippen molar-refractivity contribution in [1.82, 2.24) is 0 Å². The van der Waals surface area contributed by atoms with Gasteiger partial charge in [0.2, 0.25) is 0 Å². The Labute approximate surface area is 337 Å². The van der Waals surface area contributed by atoms with E-state index in [-0.39, 0.29) is 0 Å². The Kier molecular flexibility index (Phi) is 8.19. The summed E-state index contributed by atoms with van der Waals surface area (Å²) in [5.41, 5.74) is 14.5. The molecule has 2 nitrogen and oxygen atoms in total. The summed E-state index contributed by atoms with van der Waals surface area (Å²) in [5.74, 6) is 0. The predicted octanol–water partition coefficient (Wildman–Crippen LogP) is 16.0. The van der Waals surface area contributed by atoms with E-state index in [4.69, 9.17) is 4.42 Å². The van der Waals surface area contributed by atoms with E-state index in [1.165, 1.54) is 54.9 Å². The standard InChI is InChI=1S/C56H37NO/c1-2-13-43-37-44(24-23-38(43)11-1)39-25-31-45(32-26-39)57(47-35-29-42(30-36-47)50-19-10-21-54-53-18-7-8-22-55(53)58-56(50)54)46-33-27-41(28-34-46)49-16-5-6-17-51(49)52-20-9-14-40-12-3-4-15-48(40)52/h1-37H. The molecule has 0 fully saturated rings. The molecule has 0 N–H and O–H groups in total. The highest BCUT2D eigenvalue weighted by Gasteiger charge is 2.17. The van der Waals surface area contributed by atoms with E-state index in [1.54, 1.807) is 0 Å². The van der Waals surface area contributed by atoms with Gasteiger partial charge in [0.1, 0.15) is 11.2 Å². The first-order valence-electron chi connectivity index (χ1n) is 19.8. The van der Waals surface area contributed by atoms with Gasteiger partial charge in [0.15, 0.2) is 0 Å². The minimum atomic E-state index is 0.906. The van der Waals surface area contributed by atoms with Gasteiger partial charge in [-0.1, -0.05) is 176 Å². The summed E-state index contributed by atoms with van der Waals surface area (Å²) >= 11 is 0. The Morgan fingerprint density at radius 1 is 0.276 bits per heavy atom. The topological polar surface area (TPSA) is 16.4 Å². The van der Waals surface area contributed by atoms with Crippen LogP contribution in [-0.4, -0.2) is 0 Å². The lowest BCUT2D eigenvalue weighted by molar-refractivity contribution is 0.670. The van der Waals surface area contributed by atoms with Crippen LogP contribution in [0.4, 0.5) is 17.1 Å². The van der Waals surface area contributed by atoms with E-state index in [0.717, 1.165) is 50.1 Å². The van der Waals surface area contributed by atoms with E-state index in [9.17, 15) is 0 Å². The molecule has 10 aromatic carbocycles. The molecule has 0 radical (unpaired) electrons. The molecule has 0 aliphatic rings. The summed E-state index contributed by atoms with van der Waals surface area (Å²) in [6, 6.07) is 80.7. The molecule has 2 heteroatoms. The predicted molar refractivity (Wildman–Crippen MR) is 245 cm³/mol. The van der Waals surface area contributed by atoms with Crippen molar-refractivity contribution >= 4 is 60.5 Å². The van der Waals surface area contributed by atoms with Crippen molar-refractivity contribution in [2.24, 2.45) is 0 Å². The van der Waals surface area contributed by atoms with Gasteiger partial charge in [-0.2, -0.15) is 0 Å². The van der Waals surface area contributed by atoms with E-state index in [2.05, 4.69) is 217 Å². The van der Waals surface area contributed by atoms with Gasteiger partial charge in [-0.05, 0) is 109 Å². The molecule has 0 unspecified atom stereocenters. The van der Waals surface area contributed by atoms with Gasteiger partial charge in [-0.25, -0.2) is 0 Å². The Morgan fingerprint density at radius 2 is 0.759 bits per heavy atom. The molecule has 58 heavy (non-hydrogen) atoms. The number of benzene rings is 10. The van der Waals surface area contributed by atoms with Crippen molar-refractivity contribution in [1.29, 1.82) is 0 Å². The number of hydrogen-bond acceptors (Lipinski definition) is 2. The third kappa shape index (κ3) is 5.91. The number of furan rings is 1. The van der Waals surface area contributed by atoms with Crippen LogP contribution in [0.2, 0.25) is 0 Å². The average Bonchev–Trinajstić information content (AvgIpc) is 3.69. The Balaban J connectivity index is 0.991. The SMILES string of the molecule is c1ccc(-c2cccc3ccccc23)c(-c2ccc(N(c3ccc(-c4ccc5ccccc5c4)cc3)c3ccc(-c4cccc5c4oc4ccccc45)cc3)cc2)c1. The van der Waals surface area contributed by atoms with Gasteiger partial charge in [-0.15, -0.1) is 0 Å². The van der Waals surface area contributed by atoms with Crippen molar-refractivity contribution in [3.8, 4) is 44.5 Å². The van der Waals surface area contributed by atoms with Crippen molar-refractivity contribution in [3.63, 3.8) is 0 Å². The van der Waals surface area contributed by atoms with Crippen molar-refractivity contribution in [3.05, 3.63) is 224 Å². The Morgan fingerprint density at radius 3 is 1.50 bits per heavy atom. The molecule has 0 bridgehead atoms. The zero-order chi connectivity index (χ0) is 38.4. The molecule has 0 amide bonds. The Hall–Kier alpha value is -7.68. The van der Waals surface area contributed by atoms with E-state index >= 15 is 0 Å². The molecule has 0 spiro atoms. The quantitative estimate of drug-likeness (QED) is 0.162. The number of nitrogens with zero attached hydrogens (tertiary/aromatic N) is 1. The normalized spacial score (nSPS) is 11.4. The second-order valence-corrected chi connectivity index (χ2v) is 14.9. The van der Waals surface area contributed by atoms with Crippen LogP contribution in [0.5, 0.6) is 0 Å². The fourth-order valence-electron chi connectivity index (χ4n) is 8.60. The maximum absolute atomic E-state index is 6.42. The van der Waals surface area contributed by atoms with E-state index < -0.39 is 0 Å². The van der Waals surface area contributed by atoms with Gasteiger partial charge >= 0.3 is 0 Å². The number of hydrogen-bond donors (Lipinski definition) is 0. The summed E-state index contributed by atoms with van der Waals surface area (Å²) in [6.45, 7) is 0. The number of para-hydroxylation sites is 2. The summed E-state index contributed by atoms with van der Waals surface area (Å²) in [5, 5.41) is 7.26. The lowest BCUT2D eigenvalue weighted by atomic mass is 9.91. The van der Waals surface area contributed by atoms with Crippen LogP contribution < -0.4 is 4.90 Å². The minimum Gasteiger partial charge on any atom is -0.455 e. The van der Waals surface area contributed by atoms with Crippen molar-refractivity contribution in [2.45, 2.75) is 0 Å². The molecule has 0 saturated carbocycles. The molecule has 0 atom stereocenters. The first-order valence-corrected chi connectivity index (χ1v) is 19.8. The summed E-state index contributed by atoms with van der Waals surface area (Å²) < 4.78 is 6.42. The third-order valence-electron chi connectivity index (χ3n) is 11.5. The molecular formula is C56H37NO. The van der Waals surface area contributed by atoms with Crippen LogP contribution in [0, 0.1) is 0 Å². The molecular weight excluding hydrogens is 703 g/mol. The molecule has 0 aliphatic carbocycles. The summed E-state index contributed by atoms with van der Waals surface area (Å²) in [4.78, 5) is 2.34. The number of anilines is 3. The maximum atomic E-state index is 6.42. The molecule has 11 aromatic rings. The molecule has 272 valence electrons. The van der Waals surface area contributed by atoms with Crippen LogP contribution in [0.25, 0.3) is 88.0 Å². The third-order valence-corrected chi connectivity index (χ3v) is 11.5. The molecule has 1 heterocycles. The lowest BCUT2D eigenvalue weighted by Gasteiger charge is -2.26. The highest BCUT2D eigenvalue weighted by atomic mass is 16.3. The van der Waals surface area contributed by atoms with Crippen molar-refractivity contribution < 1.29 is 4.42 Å². The first-order chi connectivity index (χ1) is 28.7. The molecule has 11 rings (SSSR count).